The van der Waals surface area contributed by atoms with Gasteiger partial charge in [0.25, 0.3) is 0 Å². The van der Waals surface area contributed by atoms with Crippen molar-refractivity contribution in [1.29, 1.82) is 0 Å². The summed E-state index contributed by atoms with van der Waals surface area (Å²) in [6, 6.07) is 0. The lowest BCUT2D eigenvalue weighted by molar-refractivity contribution is -0.169. The Balaban J connectivity index is 3.25. The van der Waals surface area contributed by atoms with Crippen molar-refractivity contribution in [3.05, 3.63) is 0 Å². The van der Waals surface area contributed by atoms with Crippen molar-refractivity contribution in [3.63, 3.8) is 0 Å². The molecule has 0 aliphatic carbocycles. The molecule has 98 valence electrons. The molecule has 0 saturated carbocycles. The molecule has 0 fully saturated rings. The molecule has 0 N–H and O–H groups in total. The maximum atomic E-state index is 5.37. The summed E-state index contributed by atoms with van der Waals surface area (Å²) in [4.78, 5) is 0. The van der Waals surface area contributed by atoms with Crippen molar-refractivity contribution in [2.75, 3.05) is 53.4 Å². The third-order valence-corrected chi connectivity index (χ3v) is 1.76. The van der Waals surface area contributed by atoms with Gasteiger partial charge in [0.05, 0.1) is 33.0 Å². The quantitative estimate of drug-likeness (QED) is 0.374. The van der Waals surface area contributed by atoms with Crippen molar-refractivity contribution < 1.29 is 23.7 Å². The summed E-state index contributed by atoms with van der Waals surface area (Å²) in [5.74, 6) is 0. The Morgan fingerprint density at radius 3 is 1.94 bits per heavy atom. The summed E-state index contributed by atoms with van der Waals surface area (Å²) >= 11 is 0. The summed E-state index contributed by atoms with van der Waals surface area (Å²) in [6.45, 7) is 7.86. The van der Waals surface area contributed by atoms with Gasteiger partial charge in [-0.3, -0.25) is 0 Å². The first-order valence-electron chi connectivity index (χ1n) is 5.72. The van der Waals surface area contributed by atoms with Gasteiger partial charge >= 0.3 is 0 Å². The molecule has 5 heteroatoms. The van der Waals surface area contributed by atoms with Gasteiger partial charge < -0.3 is 23.7 Å². The molecule has 0 saturated heterocycles. The number of methoxy groups -OCH3 is 1. The lowest BCUT2D eigenvalue weighted by Crippen LogP contribution is -2.24. The molecule has 0 aromatic rings. The average Bonchev–Trinajstić information content (AvgIpc) is 2.28. The zero-order chi connectivity index (χ0) is 12.1. The van der Waals surface area contributed by atoms with Crippen LogP contribution in [-0.2, 0) is 23.7 Å². The van der Waals surface area contributed by atoms with E-state index in [4.69, 9.17) is 23.7 Å². The van der Waals surface area contributed by atoms with Gasteiger partial charge in [0.2, 0.25) is 0 Å². The van der Waals surface area contributed by atoms with Gasteiger partial charge in [0, 0.05) is 20.3 Å². The van der Waals surface area contributed by atoms with Gasteiger partial charge in [-0.15, -0.1) is 0 Å². The molecule has 0 aliphatic heterocycles. The van der Waals surface area contributed by atoms with Crippen molar-refractivity contribution >= 4 is 0 Å². The van der Waals surface area contributed by atoms with Crippen LogP contribution in [0, 0.1) is 0 Å². The van der Waals surface area contributed by atoms with Gasteiger partial charge in [0.15, 0.2) is 6.29 Å². The summed E-state index contributed by atoms with van der Waals surface area (Å²) in [5, 5.41) is 0. The number of ether oxygens (including phenoxy) is 5. The van der Waals surface area contributed by atoms with Crippen molar-refractivity contribution in [1.82, 2.24) is 0 Å². The number of hydrogen-bond donors (Lipinski definition) is 0. The van der Waals surface area contributed by atoms with Crippen LogP contribution in [0.1, 0.15) is 13.8 Å². The van der Waals surface area contributed by atoms with Crippen LogP contribution in [0.15, 0.2) is 0 Å². The van der Waals surface area contributed by atoms with E-state index in [0.29, 0.717) is 46.2 Å². The summed E-state index contributed by atoms with van der Waals surface area (Å²) < 4.78 is 26.1. The molecule has 5 nitrogen and oxygen atoms in total. The molecule has 0 heterocycles. The van der Waals surface area contributed by atoms with E-state index >= 15 is 0 Å². The minimum atomic E-state index is -0.269. The molecule has 0 amide bonds. The second-order valence-corrected chi connectivity index (χ2v) is 3.02. The third kappa shape index (κ3) is 10.3. The van der Waals surface area contributed by atoms with Gasteiger partial charge in [-0.2, -0.15) is 0 Å². The minimum Gasteiger partial charge on any atom is -0.382 e. The predicted molar refractivity (Wildman–Crippen MR) is 60.6 cm³/mol. The molecule has 0 aromatic heterocycles. The SMILES string of the molecule is CCOC(COCCOCCOC)OCC. The molecule has 0 bridgehead atoms. The fourth-order valence-electron chi connectivity index (χ4n) is 1.06. The molecule has 0 rings (SSSR count). The van der Waals surface area contributed by atoms with Crippen LogP contribution in [0.2, 0.25) is 0 Å². The van der Waals surface area contributed by atoms with E-state index in [0.717, 1.165) is 0 Å². The van der Waals surface area contributed by atoms with Crippen LogP contribution in [0.4, 0.5) is 0 Å². The van der Waals surface area contributed by atoms with E-state index in [-0.39, 0.29) is 6.29 Å². The Morgan fingerprint density at radius 2 is 1.38 bits per heavy atom. The van der Waals surface area contributed by atoms with Crippen molar-refractivity contribution in [3.8, 4) is 0 Å². The highest BCUT2D eigenvalue weighted by atomic mass is 16.7. The zero-order valence-corrected chi connectivity index (χ0v) is 10.6. The monoisotopic (exact) mass is 236 g/mol. The predicted octanol–water partition coefficient (Wildman–Crippen LogP) is 1.07. The van der Waals surface area contributed by atoms with Gasteiger partial charge in [-0.05, 0) is 13.8 Å². The second kappa shape index (κ2) is 12.9. The van der Waals surface area contributed by atoms with Gasteiger partial charge in [-0.25, -0.2) is 0 Å². The Kier molecular flexibility index (Phi) is 12.7. The first-order chi connectivity index (χ1) is 7.85. The fourth-order valence-corrected chi connectivity index (χ4v) is 1.06. The summed E-state index contributed by atoms with van der Waals surface area (Å²) in [7, 11) is 1.65. The van der Waals surface area contributed by atoms with Crippen LogP contribution in [-0.4, -0.2) is 59.6 Å². The van der Waals surface area contributed by atoms with Crippen LogP contribution >= 0.6 is 0 Å². The topological polar surface area (TPSA) is 46.2 Å². The smallest absolute Gasteiger partial charge is 0.180 e. The van der Waals surface area contributed by atoms with E-state index in [1.807, 2.05) is 13.8 Å². The standard InChI is InChI=1S/C11H24O5/c1-4-15-11(16-5-2)10-14-9-8-13-7-6-12-3/h11H,4-10H2,1-3H3. The van der Waals surface area contributed by atoms with Crippen LogP contribution in [0.3, 0.4) is 0 Å². The Morgan fingerprint density at radius 1 is 0.812 bits per heavy atom. The van der Waals surface area contributed by atoms with E-state index in [1.54, 1.807) is 7.11 Å². The van der Waals surface area contributed by atoms with Crippen molar-refractivity contribution in [2.24, 2.45) is 0 Å². The van der Waals surface area contributed by atoms with Crippen molar-refractivity contribution in [2.45, 2.75) is 20.1 Å². The van der Waals surface area contributed by atoms with Crippen LogP contribution in [0.5, 0.6) is 0 Å². The molecule has 0 spiro atoms. The van der Waals surface area contributed by atoms with Gasteiger partial charge in [-0.1, -0.05) is 0 Å². The maximum Gasteiger partial charge on any atom is 0.180 e. The average molecular weight is 236 g/mol. The highest BCUT2D eigenvalue weighted by molar-refractivity contribution is 4.41. The lowest BCUT2D eigenvalue weighted by Gasteiger charge is -2.16. The molecular weight excluding hydrogens is 212 g/mol. The number of hydrogen-bond acceptors (Lipinski definition) is 5. The first kappa shape index (κ1) is 15.8. The molecule has 0 atom stereocenters. The van der Waals surface area contributed by atoms with Crippen LogP contribution < -0.4 is 0 Å². The maximum absolute atomic E-state index is 5.37. The lowest BCUT2D eigenvalue weighted by atomic mass is 10.6. The summed E-state index contributed by atoms with van der Waals surface area (Å²) in [6.07, 6.45) is -0.269. The third-order valence-electron chi connectivity index (χ3n) is 1.76. The molecule has 0 aliphatic rings. The van der Waals surface area contributed by atoms with Crippen LogP contribution in [0.25, 0.3) is 0 Å². The highest BCUT2D eigenvalue weighted by Crippen LogP contribution is 1.96. The fraction of sp³-hybridized carbons (Fsp3) is 1.00. The molecular formula is C11H24O5. The molecule has 16 heavy (non-hydrogen) atoms. The number of rotatable bonds is 12. The molecule has 0 aromatic carbocycles. The normalized spacial score (nSPS) is 11.2. The largest absolute Gasteiger partial charge is 0.382 e. The van der Waals surface area contributed by atoms with E-state index in [2.05, 4.69) is 0 Å². The highest BCUT2D eigenvalue weighted by Gasteiger charge is 2.07. The summed E-state index contributed by atoms with van der Waals surface area (Å²) in [5.41, 5.74) is 0. The zero-order valence-electron chi connectivity index (χ0n) is 10.6. The minimum absolute atomic E-state index is 0.269. The molecule has 0 unspecified atom stereocenters. The van der Waals surface area contributed by atoms with Gasteiger partial charge in [0.1, 0.15) is 0 Å². The van der Waals surface area contributed by atoms with E-state index < -0.39 is 0 Å². The Bertz CT molecular complexity index is 126. The van der Waals surface area contributed by atoms with E-state index in [9.17, 15) is 0 Å². The van der Waals surface area contributed by atoms with E-state index in [1.165, 1.54) is 0 Å². The second-order valence-electron chi connectivity index (χ2n) is 3.02. The first-order valence-corrected chi connectivity index (χ1v) is 5.72. The molecule has 0 radical (unpaired) electrons. The Labute approximate surface area is 98.0 Å². The Hall–Kier alpha value is -0.200.